The zero-order valence-electron chi connectivity index (χ0n) is 15.0. The van der Waals surface area contributed by atoms with Gasteiger partial charge in [0, 0.05) is 24.2 Å². The fourth-order valence-corrected chi connectivity index (χ4v) is 2.91. The first kappa shape index (κ1) is 19.6. The van der Waals surface area contributed by atoms with Crippen LogP contribution in [0.1, 0.15) is 5.69 Å². The van der Waals surface area contributed by atoms with Gasteiger partial charge in [0.25, 0.3) is 5.91 Å². The number of nitrogens with one attached hydrogen (secondary N) is 1. The van der Waals surface area contributed by atoms with Gasteiger partial charge in [0.15, 0.2) is 23.3 Å². The predicted molar refractivity (Wildman–Crippen MR) is 103 cm³/mol. The number of hydrogen-bond acceptors (Lipinski definition) is 7. The van der Waals surface area contributed by atoms with E-state index in [4.69, 9.17) is 9.47 Å². The highest BCUT2D eigenvalue weighted by atomic mass is 32.2. The van der Waals surface area contributed by atoms with Gasteiger partial charge in [0.1, 0.15) is 5.82 Å². The number of carbonyl (C=O) groups is 1. The molecule has 144 valence electrons. The number of halogens is 1. The van der Waals surface area contributed by atoms with E-state index in [-0.39, 0.29) is 12.3 Å². The van der Waals surface area contributed by atoms with Gasteiger partial charge in [-0.2, -0.15) is 0 Å². The molecule has 0 aliphatic carbocycles. The molecular formula is C19H17FN4O3S. The molecule has 2 aromatic heterocycles. The van der Waals surface area contributed by atoms with Crippen molar-refractivity contribution in [2.45, 2.75) is 10.9 Å². The summed E-state index contributed by atoms with van der Waals surface area (Å²) in [5.74, 6) is 0.276. The number of anilines is 1. The van der Waals surface area contributed by atoms with Crippen molar-refractivity contribution in [3.63, 3.8) is 0 Å². The maximum atomic E-state index is 13.6. The second-order valence-electron chi connectivity index (χ2n) is 5.46. The van der Waals surface area contributed by atoms with Gasteiger partial charge in [-0.05, 0) is 18.2 Å². The molecule has 0 unspecified atom stereocenters. The summed E-state index contributed by atoms with van der Waals surface area (Å²) in [4.78, 5) is 24.6. The summed E-state index contributed by atoms with van der Waals surface area (Å²) in [6.45, 7) is -0.302. The number of pyridine rings is 1. The standard InChI is InChI=1S/C19H17FN4O3S/c1-26-17-10-23-13(12-28-19-21-7-4-8-22-19)9-16(17)27-11-18(25)24-15-6-3-2-5-14(15)20/h2-10H,11-12H2,1H3,(H,24,25). The summed E-state index contributed by atoms with van der Waals surface area (Å²) in [5, 5.41) is 3.09. The SMILES string of the molecule is COc1cnc(CSc2ncccn2)cc1OCC(=O)Nc1ccccc1F. The maximum Gasteiger partial charge on any atom is 0.262 e. The number of aromatic nitrogens is 3. The third-order valence-corrected chi connectivity index (χ3v) is 4.42. The Kier molecular flexibility index (Phi) is 6.74. The number of ether oxygens (including phenoxy) is 2. The Morgan fingerprint density at radius 2 is 1.93 bits per heavy atom. The summed E-state index contributed by atoms with van der Waals surface area (Å²) in [6, 6.07) is 9.35. The minimum Gasteiger partial charge on any atom is -0.491 e. The van der Waals surface area contributed by atoms with Crippen LogP contribution in [0.25, 0.3) is 0 Å². The van der Waals surface area contributed by atoms with E-state index in [9.17, 15) is 9.18 Å². The van der Waals surface area contributed by atoms with Crippen molar-refractivity contribution < 1.29 is 18.7 Å². The Morgan fingerprint density at radius 3 is 2.68 bits per heavy atom. The summed E-state index contributed by atoms with van der Waals surface area (Å²) >= 11 is 1.42. The summed E-state index contributed by atoms with van der Waals surface area (Å²) < 4.78 is 24.4. The second-order valence-corrected chi connectivity index (χ2v) is 6.41. The number of thioether (sulfide) groups is 1. The average molecular weight is 400 g/mol. The molecule has 0 fully saturated rings. The number of carbonyl (C=O) groups excluding carboxylic acids is 1. The highest BCUT2D eigenvalue weighted by Gasteiger charge is 2.12. The molecule has 0 atom stereocenters. The molecule has 0 bridgehead atoms. The molecular weight excluding hydrogens is 383 g/mol. The Hall–Kier alpha value is -3.20. The highest BCUT2D eigenvalue weighted by Crippen LogP contribution is 2.28. The smallest absolute Gasteiger partial charge is 0.262 e. The van der Waals surface area contributed by atoms with Crippen molar-refractivity contribution in [3.05, 3.63) is 66.5 Å². The quantitative estimate of drug-likeness (QED) is 0.458. The highest BCUT2D eigenvalue weighted by molar-refractivity contribution is 7.98. The minimum atomic E-state index is -0.514. The van der Waals surface area contributed by atoms with E-state index in [0.717, 1.165) is 0 Å². The number of nitrogens with zero attached hydrogens (tertiary/aromatic N) is 3. The lowest BCUT2D eigenvalue weighted by molar-refractivity contribution is -0.118. The summed E-state index contributed by atoms with van der Waals surface area (Å²) in [6.07, 6.45) is 4.85. The van der Waals surface area contributed by atoms with E-state index in [1.54, 1.807) is 36.7 Å². The van der Waals surface area contributed by atoms with Crippen LogP contribution in [-0.4, -0.2) is 34.6 Å². The number of hydrogen-bond donors (Lipinski definition) is 1. The zero-order valence-corrected chi connectivity index (χ0v) is 15.8. The molecule has 0 aliphatic rings. The fraction of sp³-hybridized carbons (Fsp3) is 0.158. The molecule has 1 N–H and O–H groups in total. The van der Waals surface area contributed by atoms with Crippen molar-refractivity contribution in [1.29, 1.82) is 0 Å². The number of rotatable bonds is 8. The molecule has 0 spiro atoms. The third kappa shape index (κ3) is 5.40. The maximum absolute atomic E-state index is 13.6. The normalized spacial score (nSPS) is 10.4. The van der Waals surface area contributed by atoms with E-state index >= 15 is 0 Å². The zero-order chi connectivity index (χ0) is 19.8. The third-order valence-electron chi connectivity index (χ3n) is 3.51. The van der Waals surface area contributed by atoms with Crippen LogP contribution in [0.2, 0.25) is 0 Å². The van der Waals surface area contributed by atoms with Crippen LogP contribution in [-0.2, 0) is 10.5 Å². The average Bonchev–Trinajstić information content (AvgIpc) is 2.73. The Labute approximate surface area is 165 Å². The Bertz CT molecular complexity index is 943. The van der Waals surface area contributed by atoms with E-state index < -0.39 is 11.7 Å². The molecule has 0 saturated heterocycles. The van der Waals surface area contributed by atoms with Crippen molar-refractivity contribution in [3.8, 4) is 11.5 Å². The van der Waals surface area contributed by atoms with E-state index in [2.05, 4.69) is 20.3 Å². The van der Waals surface area contributed by atoms with Gasteiger partial charge in [0.05, 0.1) is 24.7 Å². The van der Waals surface area contributed by atoms with Crippen LogP contribution in [0.15, 0.2) is 60.1 Å². The molecule has 7 nitrogen and oxygen atoms in total. The first-order valence-electron chi connectivity index (χ1n) is 8.25. The number of para-hydroxylation sites is 1. The van der Waals surface area contributed by atoms with Crippen LogP contribution in [0.5, 0.6) is 11.5 Å². The largest absolute Gasteiger partial charge is 0.491 e. The first-order chi connectivity index (χ1) is 13.7. The molecule has 1 aromatic carbocycles. The van der Waals surface area contributed by atoms with Gasteiger partial charge in [-0.1, -0.05) is 23.9 Å². The number of methoxy groups -OCH3 is 1. The van der Waals surface area contributed by atoms with Gasteiger partial charge in [-0.3, -0.25) is 9.78 Å². The Balaban J connectivity index is 1.61. The van der Waals surface area contributed by atoms with Crippen molar-refractivity contribution >= 4 is 23.4 Å². The summed E-state index contributed by atoms with van der Waals surface area (Å²) in [7, 11) is 1.48. The molecule has 1 amide bonds. The summed E-state index contributed by atoms with van der Waals surface area (Å²) in [5.41, 5.74) is 0.806. The molecule has 3 aromatic rings. The number of amides is 1. The first-order valence-corrected chi connectivity index (χ1v) is 9.24. The lowest BCUT2D eigenvalue weighted by Crippen LogP contribution is -2.21. The van der Waals surface area contributed by atoms with Gasteiger partial charge < -0.3 is 14.8 Å². The minimum absolute atomic E-state index is 0.0951. The predicted octanol–water partition coefficient (Wildman–Crippen LogP) is 3.33. The van der Waals surface area contributed by atoms with Crippen LogP contribution >= 0.6 is 11.8 Å². The molecule has 9 heteroatoms. The molecule has 0 radical (unpaired) electrons. The molecule has 2 heterocycles. The van der Waals surface area contributed by atoms with E-state index in [0.29, 0.717) is 28.1 Å². The van der Waals surface area contributed by atoms with Crippen molar-refractivity contribution in [2.75, 3.05) is 19.0 Å². The van der Waals surface area contributed by atoms with E-state index in [1.165, 1.54) is 37.2 Å². The van der Waals surface area contributed by atoms with Gasteiger partial charge in [-0.15, -0.1) is 0 Å². The van der Waals surface area contributed by atoms with Gasteiger partial charge in [-0.25, -0.2) is 14.4 Å². The monoisotopic (exact) mass is 400 g/mol. The van der Waals surface area contributed by atoms with Gasteiger partial charge in [0.2, 0.25) is 0 Å². The molecule has 28 heavy (non-hydrogen) atoms. The topological polar surface area (TPSA) is 86.2 Å². The molecule has 0 saturated carbocycles. The fourth-order valence-electron chi connectivity index (χ4n) is 2.20. The van der Waals surface area contributed by atoms with Crippen LogP contribution in [0.3, 0.4) is 0 Å². The van der Waals surface area contributed by atoms with Crippen molar-refractivity contribution in [1.82, 2.24) is 15.0 Å². The van der Waals surface area contributed by atoms with Crippen molar-refractivity contribution in [2.24, 2.45) is 0 Å². The van der Waals surface area contributed by atoms with Crippen LogP contribution in [0, 0.1) is 5.82 Å². The molecule has 3 rings (SSSR count). The van der Waals surface area contributed by atoms with Crippen LogP contribution in [0.4, 0.5) is 10.1 Å². The Morgan fingerprint density at radius 1 is 1.14 bits per heavy atom. The second kappa shape index (κ2) is 9.65. The number of benzene rings is 1. The lowest BCUT2D eigenvalue weighted by atomic mass is 10.3. The van der Waals surface area contributed by atoms with E-state index in [1.807, 2.05) is 0 Å². The van der Waals surface area contributed by atoms with Crippen LogP contribution < -0.4 is 14.8 Å². The molecule has 0 aliphatic heterocycles. The van der Waals surface area contributed by atoms with Gasteiger partial charge >= 0.3 is 0 Å². The lowest BCUT2D eigenvalue weighted by Gasteiger charge is -2.12.